The summed E-state index contributed by atoms with van der Waals surface area (Å²) in [6, 6.07) is 19.7. The Bertz CT molecular complexity index is 1400. The molecule has 2 aromatic heterocycles. The van der Waals surface area contributed by atoms with Crippen molar-refractivity contribution in [3.63, 3.8) is 0 Å². The minimum Gasteiger partial charge on any atom is -0.493 e. The van der Waals surface area contributed by atoms with Crippen LogP contribution in [0.3, 0.4) is 0 Å². The molecule has 0 radical (unpaired) electrons. The van der Waals surface area contributed by atoms with Gasteiger partial charge in [-0.15, -0.1) is 0 Å². The molecule has 4 rings (SSSR count). The van der Waals surface area contributed by atoms with Crippen LogP contribution in [0, 0.1) is 0 Å². The normalized spacial score (nSPS) is 11.3. The second kappa shape index (κ2) is 14.9. The highest BCUT2D eigenvalue weighted by Gasteiger charge is 2.23. The molecule has 10 nitrogen and oxygen atoms in total. The molecule has 1 atom stereocenters. The first-order valence-electron chi connectivity index (χ1n) is 13.9. The SMILES string of the molecule is COc1cc(CN(CC(C)N(Cc2cc(OC)c(OC)c(OC)c2)c2ccccn2)c2ccccn2)cc(OC)c1OC. The van der Waals surface area contributed by atoms with E-state index in [1.165, 1.54) is 0 Å². The topological polar surface area (TPSA) is 87.6 Å². The summed E-state index contributed by atoms with van der Waals surface area (Å²) in [6.45, 7) is 3.92. The van der Waals surface area contributed by atoms with Crippen molar-refractivity contribution < 1.29 is 28.4 Å². The number of hydrogen-bond acceptors (Lipinski definition) is 10. The number of pyridine rings is 2. The predicted molar refractivity (Wildman–Crippen MR) is 167 cm³/mol. The fraction of sp³-hybridized carbons (Fsp3) is 0.333. The largest absolute Gasteiger partial charge is 0.493 e. The Balaban J connectivity index is 1.70. The van der Waals surface area contributed by atoms with Gasteiger partial charge >= 0.3 is 0 Å². The third kappa shape index (κ3) is 7.32. The van der Waals surface area contributed by atoms with E-state index in [1.807, 2.05) is 60.7 Å². The Morgan fingerprint density at radius 3 is 1.42 bits per heavy atom. The lowest BCUT2D eigenvalue weighted by Crippen LogP contribution is -2.42. The highest BCUT2D eigenvalue weighted by atomic mass is 16.5. The molecule has 0 bridgehead atoms. The molecule has 0 aliphatic rings. The van der Waals surface area contributed by atoms with Crippen molar-refractivity contribution in [1.82, 2.24) is 9.97 Å². The van der Waals surface area contributed by atoms with Gasteiger partial charge in [-0.25, -0.2) is 9.97 Å². The van der Waals surface area contributed by atoms with Gasteiger partial charge in [0, 0.05) is 38.1 Å². The van der Waals surface area contributed by atoms with Crippen molar-refractivity contribution >= 4 is 11.6 Å². The first-order chi connectivity index (χ1) is 21.0. The first-order valence-corrected chi connectivity index (χ1v) is 13.9. The summed E-state index contributed by atoms with van der Waals surface area (Å²) in [5.74, 6) is 5.20. The number of methoxy groups -OCH3 is 6. The number of anilines is 2. The van der Waals surface area contributed by atoms with Crippen LogP contribution in [0.5, 0.6) is 34.5 Å². The van der Waals surface area contributed by atoms with Gasteiger partial charge in [-0.2, -0.15) is 0 Å². The van der Waals surface area contributed by atoms with E-state index >= 15 is 0 Å². The molecule has 4 aromatic rings. The summed E-state index contributed by atoms with van der Waals surface area (Å²) in [7, 11) is 9.67. The van der Waals surface area contributed by atoms with Crippen LogP contribution in [-0.2, 0) is 13.1 Å². The van der Waals surface area contributed by atoms with Gasteiger partial charge in [-0.1, -0.05) is 12.1 Å². The summed E-state index contributed by atoms with van der Waals surface area (Å²) in [5.41, 5.74) is 1.97. The van der Waals surface area contributed by atoms with Gasteiger partial charge in [0.1, 0.15) is 11.6 Å². The number of hydrogen-bond donors (Lipinski definition) is 0. The number of aromatic nitrogens is 2. The lowest BCUT2D eigenvalue weighted by atomic mass is 10.1. The highest BCUT2D eigenvalue weighted by Crippen LogP contribution is 2.40. The van der Waals surface area contributed by atoms with Crippen LogP contribution in [0.15, 0.2) is 73.1 Å². The molecular weight excluding hydrogens is 548 g/mol. The van der Waals surface area contributed by atoms with Crippen molar-refractivity contribution in [3.8, 4) is 34.5 Å². The fourth-order valence-electron chi connectivity index (χ4n) is 5.05. The molecule has 43 heavy (non-hydrogen) atoms. The molecule has 2 heterocycles. The standard InChI is InChI=1S/C33H40N4O6/c1-23(37(31-13-9-11-15-35-31)22-25-18-28(40-4)33(43-7)29(19-25)41-5)20-36(30-12-8-10-14-34-30)21-24-16-26(38-2)32(42-6)27(17-24)39-3/h8-19,23H,20-22H2,1-7H3. The zero-order chi connectivity index (χ0) is 30.8. The van der Waals surface area contributed by atoms with Gasteiger partial charge < -0.3 is 38.2 Å². The van der Waals surface area contributed by atoms with E-state index in [0.29, 0.717) is 54.1 Å². The van der Waals surface area contributed by atoms with E-state index in [2.05, 4.69) is 21.7 Å². The molecule has 2 aromatic carbocycles. The van der Waals surface area contributed by atoms with E-state index in [4.69, 9.17) is 33.4 Å². The van der Waals surface area contributed by atoms with Gasteiger partial charge in [0.2, 0.25) is 11.5 Å². The minimum atomic E-state index is -0.00182. The molecule has 228 valence electrons. The molecule has 10 heteroatoms. The van der Waals surface area contributed by atoms with Gasteiger partial charge in [0.15, 0.2) is 23.0 Å². The Morgan fingerprint density at radius 1 is 0.581 bits per heavy atom. The summed E-state index contributed by atoms with van der Waals surface area (Å²) in [5, 5.41) is 0. The second-order valence-electron chi connectivity index (χ2n) is 9.80. The van der Waals surface area contributed by atoms with Crippen LogP contribution in [-0.4, -0.2) is 65.2 Å². The highest BCUT2D eigenvalue weighted by molar-refractivity contribution is 5.56. The third-order valence-corrected chi connectivity index (χ3v) is 7.11. The van der Waals surface area contributed by atoms with Gasteiger partial charge in [0.05, 0.1) is 42.7 Å². The lowest BCUT2D eigenvalue weighted by Gasteiger charge is -2.35. The maximum atomic E-state index is 5.63. The summed E-state index contributed by atoms with van der Waals surface area (Å²) < 4.78 is 33.6. The number of ether oxygens (including phenoxy) is 6. The maximum Gasteiger partial charge on any atom is 0.203 e. The Kier molecular flexibility index (Phi) is 10.7. The molecule has 0 amide bonds. The second-order valence-corrected chi connectivity index (χ2v) is 9.80. The number of rotatable bonds is 15. The molecule has 1 unspecified atom stereocenters. The molecule has 0 N–H and O–H groups in total. The van der Waals surface area contributed by atoms with Crippen molar-refractivity contribution in [2.45, 2.75) is 26.1 Å². The summed E-state index contributed by atoms with van der Waals surface area (Å²) in [6.07, 6.45) is 3.60. The molecule has 0 saturated carbocycles. The van der Waals surface area contributed by atoms with Gasteiger partial charge in [-0.05, 0) is 66.6 Å². The van der Waals surface area contributed by atoms with E-state index < -0.39 is 0 Å². The molecule has 0 spiro atoms. The van der Waals surface area contributed by atoms with Crippen molar-refractivity contribution in [3.05, 3.63) is 84.2 Å². The molecule has 0 aliphatic heterocycles. The first kappa shape index (κ1) is 31.1. The average molecular weight is 589 g/mol. The monoisotopic (exact) mass is 588 g/mol. The maximum absolute atomic E-state index is 5.63. The fourth-order valence-corrected chi connectivity index (χ4v) is 5.05. The van der Waals surface area contributed by atoms with Crippen molar-refractivity contribution in [1.29, 1.82) is 0 Å². The van der Waals surface area contributed by atoms with Crippen LogP contribution in [0.25, 0.3) is 0 Å². The zero-order valence-corrected chi connectivity index (χ0v) is 25.9. The molecule has 0 fully saturated rings. The summed E-state index contributed by atoms with van der Waals surface area (Å²) >= 11 is 0. The quantitative estimate of drug-likeness (QED) is 0.174. The van der Waals surface area contributed by atoms with Gasteiger partial charge in [-0.3, -0.25) is 0 Å². The Hall–Kier alpha value is -4.86. The van der Waals surface area contributed by atoms with Crippen LogP contribution in [0.1, 0.15) is 18.1 Å². The molecule has 0 aliphatic carbocycles. The average Bonchev–Trinajstić information content (AvgIpc) is 3.06. The minimum absolute atomic E-state index is 0.00182. The smallest absolute Gasteiger partial charge is 0.203 e. The van der Waals surface area contributed by atoms with E-state index in [1.54, 1.807) is 55.1 Å². The van der Waals surface area contributed by atoms with Gasteiger partial charge in [0.25, 0.3) is 0 Å². The van der Waals surface area contributed by atoms with Crippen LogP contribution >= 0.6 is 0 Å². The zero-order valence-electron chi connectivity index (χ0n) is 25.9. The van der Waals surface area contributed by atoms with Crippen molar-refractivity contribution in [2.75, 3.05) is 59.0 Å². The van der Waals surface area contributed by atoms with Crippen LogP contribution in [0.2, 0.25) is 0 Å². The van der Waals surface area contributed by atoms with Crippen LogP contribution < -0.4 is 38.2 Å². The van der Waals surface area contributed by atoms with Crippen molar-refractivity contribution in [2.24, 2.45) is 0 Å². The third-order valence-electron chi connectivity index (χ3n) is 7.11. The summed E-state index contributed by atoms with van der Waals surface area (Å²) in [4.78, 5) is 13.9. The van der Waals surface area contributed by atoms with E-state index in [0.717, 1.165) is 22.8 Å². The number of benzene rings is 2. The van der Waals surface area contributed by atoms with Crippen LogP contribution in [0.4, 0.5) is 11.6 Å². The number of nitrogens with zero attached hydrogens (tertiary/aromatic N) is 4. The van der Waals surface area contributed by atoms with E-state index in [-0.39, 0.29) is 6.04 Å². The predicted octanol–water partition coefficient (Wildman–Crippen LogP) is 5.63. The Morgan fingerprint density at radius 2 is 1.02 bits per heavy atom. The molecule has 0 saturated heterocycles. The Labute approximate surface area is 253 Å². The van der Waals surface area contributed by atoms with E-state index in [9.17, 15) is 0 Å². The lowest BCUT2D eigenvalue weighted by molar-refractivity contribution is 0.323. The molecular formula is C33H40N4O6.